The molecule has 20 heavy (non-hydrogen) atoms. The van der Waals surface area contributed by atoms with Gasteiger partial charge in [0.15, 0.2) is 5.13 Å². The van der Waals surface area contributed by atoms with E-state index in [-0.39, 0.29) is 5.91 Å². The number of benzene rings is 1. The number of halogens is 2. The van der Waals surface area contributed by atoms with Gasteiger partial charge in [0.2, 0.25) is 5.91 Å². The number of anilines is 2. The topological polar surface area (TPSA) is 54.0 Å². The molecule has 0 aliphatic carbocycles. The van der Waals surface area contributed by atoms with Crippen LogP contribution >= 0.6 is 34.5 Å². The minimum Gasteiger partial charge on any atom is -0.373 e. The fraction of sp³-hybridized carbons (Fsp3) is 0.231. The summed E-state index contributed by atoms with van der Waals surface area (Å²) < 4.78 is 0. The molecule has 0 saturated carbocycles. The molecule has 2 rings (SSSR count). The van der Waals surface area contributed by atoms with Gasteiger partial charge in [-0.05, 0) is 32.0 Å². The molecule has 2 aromatic rings. The molecule has 0 fully saturated rings. The number of hydrogen-bond donors (Lipinski definition) is 2. The highest BCUT2D eigenvalue weighted by Crippen LogP contribution is 2.26. The molecular formula is C13H13Cl2N3OS. The van der Waals surface area contributed by atoms with E-state index >= 15 is 0 Å². The van der Waals surface area contributed by atoms with E-state index in [0.29, 0.717) is 20.9 Å². The molecule has 0 aliphatic heterocycles. The van der Waals surface area contributed by atoms with Crippen LogP contribution in [0.2, 0.25) is 10.0 Å². The third-order valence-corrected chi connectivity index (χ3v) is 3.97. The molecule has 0 radical (unpaired) electrons. The molecule has 1 amide bonds. The Bertz CT molecular complexity index is 630. The monoisotopic (exact) mass is 329 g/mol. The van der Waals surface area contributed by atoms with E-state index in [2.05, 4.69) is 15.6 Å². The number of nitrogens with zero attached hydrogens (tertiary/aromatic N) is 1. The van der Waals surface area contributed by atoms with Crippen molar-refractivity contribution in [3.63, 3.8) is 0 Å². The van der Waals surface area contributed by atoms with Crippen LogP contribution in [0.5, 0.6) is 0 Å². The lowest BCUT2D eigenvalue weighted by Gasteiger charge is -2.15. The molecule has 1 heterocycles. The maximum absolute atomic E-state index is 12.0. The highest BCUT2D eigenvalue weighted by Gasteiger charge is 2.15. The van der Waals surface area contributed by atoms with Crippen molar-refractivity contribution in [3.8, 4) is 0 Å². The van der Waals surface area contributed by atoms with Gasteiger partial charge in [0, 0.05) is 10.4 Å². The van der Waals surface area contributed by atoms with Crippen LogP contribution in [0.3, 0.4) is 0 Å². The van der Waals surface area contributed by atoms with Gasteiger partial charge < -0.3 is 10.6 Å². The third-order valence-electron chi connectivity index (χ3n) is 2.55. The normalized spacial score (nSPS) is 12.0. The zero-order valence-electron chi connectivity index (χ0n) is 10.9. The number of hydrogen-bond acceptors (Lipinski definition) is 4. The van der Waals surface area contributed by atoms with Crippen LogP contribution in [-0.2, 0) is 4.79 Å². The highest BCUT2D eigenvalue weighted by molar-refractivity contribution is 7.13. The summed E-state index contributed by atoms with van der Waals surface area (Å²) in [5.41, 5.74) is 1.54. The van der Waals surface area contributed by atoms with Crippen molar-refractivity contribution in [1.82, 2.24) is 4.98 Å². The summed E-state index contributed by atoms with van der Waals surface area (Å²) in [5, 5.41) is 9.28. The molecule has 0 bridgehead atoms. The first-order valence-electron chi connectivity index (χ1n) is 5.90. The zero-order chi connectivity index (χ0) is 14.7. The van der Waals surface area contributed by atoms with E-state index < -0.39 is 6.04 Å². The predicted octanol–water partition coefficient (Wildman–Crippen LogP) is 4.20. The van der Waals surface area contributed by atoms with E-state index in [1.165, 1.54) is 11.3 Å². The van der Waals surface area contributed by atoms with Crippen LogP contribution < -0.4 is 10.6 Å². The van der Waals surface area contributed by atoms with Gasteiger partial charge in [-0.15, -0.1) is 11.3 Å². The van der Waals surface area contributed by atoms with Crippen LogP contribution in [0.4, 0.5) is 10.8 Å². The number of thiazole rings is 1. The van der Waals surface area contributed by atoms with Crippen molar-refractivity contribution < 1.29 is 4.79 Å². The summed E-state index contributed by atoms with van der Waals surface area (Å²) in [4.78, 5) is 16.2. The van der Waals surface area contributed by atoms with Crippen molar-refractivity contribution in [3.05, 3.63) is 39.3 Å². The molecule has 1 aromatic heterocycles. The maximum atomic E-state index is 12.0. The molecule has 7 heteroatoms. The lowest BCUT2D eigenvalue weighted by atomic mass is 10.2. The van der Waals surface area contributed by atoms with Gasteiger partial charge in [-0.3, -0.25) is 4.79 Å². The molecule has 106 valence electrons. The molecule has 0 spiro atoms. The van der Waals surface area contributed by atoms with Crippen LogP contribution in [0.15, 0.2) is 23.6 Å². The Morgan fingerprint density at radius 3 is 2.75 bits per heavy atom. The Morgan fingerprint density at radius 1 is 1.40 bits per heavy atom. The number of aryl methyl sites for hydroxylation is 1. The van der Waals surface area contributed by atoms with Crippen LogP contribution in [0.1, 0.15) is 12.6 Å². The highest BCUT2D eigenvalue weighted by atomic mass is 35.5. The third kappa shape index (κ3) is 3.85. The fourth-order valence-electron chi connectivity index (χ4n) is 1.53. The molecule has 1 atom stereocenters. The number of nitrogens with one attached hydrogen (secondary N) is 2. The van der Waals surface area contributed by atoms with E-state index in [1.54, 1.807) is 25.1 Å². The Kier molecular flexibility index (Phi) is 4.86. The Hall–Kier alpha value is -1.30. The van der Waals surface area contributed by atoms with Crippen LogP contribution in [0.25, 0.3) is 0 Å². The molecule has 0 aliphatic rings. The minimum absolute atomic E-state index is 0.176. The molecule has 0 saturated heterocycles. The van der Waals surface area contributed by atoms with Crippen molar-refractivity contribution in [2.45, 2.75) is 19.9 Å². The van der Waals surface area contributed by atoms with E-state index in [4.69, 9.17) is 23.2 Å². The SMILES string of the molecule is Cc1csc(NC(=O)[C@H](C)Nc2ccc(Cl)cc2Cl)n1. The number of aromatic nitrogens is 1. The van der Waals surface area contributed by atoms with Gasteiger partial charge in [0.25, 0.3) is 0 Å². The van der Waals surface area contributed by atoms with Gasteiger partial charge >= 0.3 is 0 Å². The van der Waals surface area contributed by atoms with Crippen LogP contribution in [-0.4, -0.2) is 16.9 Å². The minimum atomic E-state index is -0.446. The summed E-state index contributed by atoms with van der Waals surface area (Å²) in [7, 11) is 0. The first-order chi connectivity index (χ1) is 9.45. The smallest absolute Gasteiger partial charge is 0.248 e. The number of carbonyl (C=O) groups excluding carboxylic acids is 1. The largest absolute Gasteiger partial charge is 0.373 e. The van der Waals surface area contributed by atoms with Gasteiger partial charge in [-0.25, -0.2) is 4.98 Å². The van der Waals surface area contributed by atoms with Crippen molar-refractivity contribution >= 4 is 51.3 Å². The quantitative estimate of drug-likeness (QED) is 0.883. The average Bonchev–Trinajstić information content (AvgIpc) is 2.78. The number of carbonyl (C=O) groups is 1. The second-order valence-electron chi connectivity index (χ2n) is 4.27. The molecule has 1 aromatic carbocycles. The van der Waals surface area contributed by atoms with Crippen molar-refractivity contribution in [1.29, 1.82) is 0 Å². The molecule has 4 nitrogen and oxygen atoms in total. The van der Waals surface area contributed by atoms with Crippen molar-refractivity contribution in [2.24, 2.45) is 0 Å². The lowest BCUT2D eigenvalue weighted by molar-refractivity contribution is -0.116. The molecular weight excluding hydrogens is 317 g/mol. The van der Waals surface area contributed by atoms with Gasteiger partial charge in [0.1, 0.15) is 6.04 Å². The van der Waals surface area contributed by atoms with E-state index in [1.807, 2.05) is 12.3 Å². The van der Waals surface area contributed by atoms with E-state index in [0.717, 1.165) is 5.69 Å². The number of amides is 1. The first-order valence-corrected chi connectivity index (χ1v) is 7.54. The van der Waals surface area contributed by atoms with Gasteiger partial charge in [-0.1, -0.05) is 23.2 Å². The summed E-state index contributed by atoms with van der Waals surface area (Å²) >= 11 is 13.3. The van der Waals surface area contributed by atoms with Gasteiger partial charge in [0.05, 0.1) is 16.4 Å². The Balaban J connectivity index is 2.00. The average molecular weight is 330 g/mol. The first kappa shape index (κ1) is 15.1. The van der Waals surface area contributed by atoms with E-state index in [9.17, 15) is 4.79 Å². The molecule has 0 unspecified atom stereocenters. The number of rotatable bonds is 4. The van der Waals surface area contributed by atoms with Gasteiger partial charge in [-0.2, -0.15) is 0 Å². The summed E-state index contributed by atoms with van der Waals surface area (Å²) in [6.07, 6.45) is 0. The fourth-order valence-corrected chi connectivity index (χ4v) is 2.68. The molecule has 2 N–H and O–H groups in total. The zero-order valence-corrected chi connectivity index (χ0v) is 13.2. The predicted molar refractivity (Wildman–Crippen MR) is 85.0 cm³/mol. The standard InChI is InChI=1S/C13H13Cl2N3OS/c1-7-6-20-13(16-7)18-12(19)8(2)17-11-4-3-9(14)5-10(11)15/h3-6,8,17H,1-2H3,(H,16,18,19)/t8-/m0/s1. The second-order valence-corrected chi connectivity index (χ2v) is 5.98. The maximum Gasteiger partial charge on any atom is 0.248 e. The second kappa shape index (κ2) is 6.43. The summed E-state index contributed by atoms with van der Waals surface area (Å²) in [6, 6.07) is 4.63. The Morgan fingerprint density at radius 2 is 2.15 bits per heavy atom. The van der Waals surface area contributed by atoms with Crippen molar-refractivity contribution in [2.75, 3.05) is 10.6 Å². The van der Waals surface area contributed by atoms with Crippen LogP contribution in [0, 0.1) is 6.92 Å². The summed E-state index contributed by atoms with van der Waals surface area (Å²) in [5.74, 6) is -0.176. The Labute approximate surface area is 131 Å². The summed E-state index contributed by atoms with van der Waals surface area (Å²) in [6.45, 7) is 3.63. The lowest BCUT2D eigenvalue weighted by Crippen LogP contribution is -2.31.